The highest BCUT2D eigenvalue weighted by atomic mass is 35.5. The maximum atomic E-state index is 13.6. The molecule has 350 valence electrons. The number of carbonyl (C=O) groups is 1. The van der Waals surface area contributed by atoms with Crippen LogP contribution in [0, 0.1) is 0 Å². The smallest absolute Gasteiger partial charge is 0.320 e. The maximum Gasteiger partial charge on any atom is 0.320 e. The van der Waals surface area contributed by atoms with Crippen molar-refractivity contribution in [3.63, 3.8) is 0 Å². The van der Waals surface area contributed by atoms with Gasteiger partial charge >= 0.3 is 7.82 Å². The number of carbonyl (C=O) groups excluding carboxylic acids is 1. The zero-order valence-electron chi connectivity index (χ0n) is 37.9. The number of imidazole rings is 1. The highest BCUT2D eigenvalue weighted by Crippen LogP contribution is 2.48. The number of phosphoric ester groups is 1. The van der Waals surface area contributed by atoms with Crippen molar-refractivity contribution in [2.45, 2.75) is 51.2 Å². The number of halogens is 1. The summed E-state index contributed by atoms with van der Waals surface area (Å²) in [4.78, 5) is 41.6. The molecule has 1 amide bonds. The summed E-state index contributed by atoms with van der Waals surface area (Å²) < 4.78 is 51.2. The maximum absolute atomic E-state index is 13.6. The van der Waals surface area contributed by atoms with E-state index in [0.717, 1.165) is 16.7 Å². The average molecular weight is 949 g/mol. The summed E-state index contributed by atoms with van der Waals surface area (Å²) in [5.41, 5.74) is 2.11. The summed E-state index contributed by atoms with van der Waals surface area (Å²) in [7, 11) is -1.85. The molecule has 8 rings (SSSR count). The lowest BCUT2D eigenvalue weighted by molar-refractivity contribution is -0.894. The van der Waals surface area contributed by atoms with Gasteiger partial charge in [-0.1, -0.05) is 84.4 Å². The predicted molar refractivity (Wildman–Crippen MR) is 254 cm³/mol. The van der Waals surface area contributed by atoms with Gasteiger partial charge in [-0.2, -0.15) is 0 Å². The summed E-state index contributed by atoms with van der Waals surface area (Å²) in [6.45, 7) is 10.3. The molecule has 1 aliphatic heterocycles. The number of anilines is 1. The topological polar surface area (TPSA) is 173 Å². The highest BCUT2D eigenvalue weighted by Gasteiger charge is 2.44. The van der Waals surface area contributed by atoms with Crippen LogP contribution in [0.4, 0.5) is 5.82 Å². The Morgan fingerprint density at radius 2 is 1.34 bits per heavy atom. The minimum atomic E-state index is -5.03. The molecule has 0 saturated carbocycles. The fourth-order valence-electron chi connectivity index (χ4n) is 7.90. The number of hydrogen-bond donors (Lipinski definition) is 2. The number of nitrogens with one attached hydrogen (secondary N) is 2. The lowest BCUT2D eigenvalue weighted by atomic mass is 9.80. The van der Waals surface area contributed by atoms with E-state index in [1.165, 1.54) is 56.6 Å². The van der Waals surface area contributed by atoms with Crippen molar-refractivity contribution in [2.75, 3.05) is 45.8 Å². The van der Waals surface area contributed by atoms with Crippen molar-refractivity contribution in [1.82, 2.24) is 19.5 Å². The van der Waals surface area contributed by atoms with Gasteiger partial charge < -0.3 is 43.1 Å². The Labute approximate surface area is 395 Å². The lowest BCUT2D eigenvalue weighted by Crippen LogP contribution is -3.11. The third-order valence-corrected chi connectivity index (χ3v) is 12.8. The van der Waals surface area contributed by atoms with E-state index < -0.39 is 31.9 Å². The Hall–Kier alpha value is -6.16. The lowest BCUT2D eigenvalue weighted by Gasteiger charge is -2.37. The monoisotopic (exact) mass is 948 g/mol. The van der Waals surface area contributed by atoms with Crippen molar-refractivity contribution >= 4 is 42.3 Å². The van der Waals surface area contributed by atoms with Gasteiger partial charge in [0.15, 0.2) is 17.0 Å². The van der Waals surface area contributed by atoms with Crippen LogP contribution < -0.4 is 29.1 Å². The zero-order valence-corrected chi connectivity index (χ0v) is 39.6. The first-order valence-corrected chi connectivity index (χ1v) is 23.8. The summed E-state index contributed by atoms with van der Waals surface area (Å²) in [5, 5.41) is 3.21. The molecular formula is C50H54ClN6O9P. The van der Waals surface area contributed by atoms with Gasteiger partial charge in [-0.3, -0.25) is 13.9 Å². The van der Waals surface area contributed by atoms with Gasteiger partial charge in [0.2, 0.25) is 0 Å². The number of nitrogens with zero attached hydrogens (tertiary/aromatic N) is 4. The molecule has 2 aromatic heterocycles. The molecule has 67 heavy (non-hydrogen) atoms. The van der Waals surface area contributed by atoms with E-state index in [1.54, 1.807) is 48.0 Å². The van der Waals surface area contributed by atoms with E-state index in [9.17, 15) is 14.3 Å². The van der Waals surface area contributed by atoms with Crippen LogP contribution in [0.25, 0.3) is 11.2 Å². The summed E-state index contributed by atoms with van der Waals surface area (Å²) in [5.74, 6) is 1.13. The van der Waals surface area contributed by atoms with Crippen LogP contribution in [0.5, 0.6) is 17.2 Å². The van der Waals surface area contributed by atoms with Gasteiger partial charge in [0.25, 0.3) is 5.91 Å². The molecule has 1 aliphatic rings. The SMILES string of the molecule is CC[NH+](CC)CC.COc1ccc(C(OCC2OC(n3cnc4c(NC(=O)c5ccccc5)ncnc43)CC2OP(=O)([O-])Oc2ccc(Cl)cc2)(c2ccccc2)c2ccc(OC)cc2)cc1. The second kappa shape index (κ2) is 22.6. The molecule has 1 fully saturated rings. The Morgan fingerprint density at radius 1 is 0.791 bits per heavy atom. The second-order valence-corrected chi connectivity index (χ2v) is 17.2. The quantitative estimate of drug-likeness (QED) is 0.0630. The van der Waals surface area contributed by atoms with E-state index in [-0.39, 0.29) is 30.5 Å². The number of hydrogen-bond acceptors (Lipinski definition) is 12. The van der Waals surface area contributed by atoms with Crippen molar-refractivity contribution in [1.29, 1.82) is 0 Å². The van der Waals surface area contributed by atoms with Gasteiger partial charge in [-0.25, -0.2) is 15.0 Å². The van der Waals surface area contributed by atoms with Crippen LogP contribution in [-0.4, -0.2) is 78.1 Å². The molecule has 5 aromatic carbocycles. The molecular weight excluding hydrogens is 895 g/mol. The fraction of sp³-hybridized carbons (Fsp3) is 0.280. The van der Waals surface area contributed by atoms with Crippen molar-refractivity contribution in [2.24, 2.45) is 0 Å². The Kier molecular flexibility index (Phi) is 16.4. The number of amides is 1. The molecule has 17 heteroatoms. The van der Waals surface area contributed by atoms with Crippen LogP contribution in [0.2, 0.25) is 5.02 Å². The fourth-order valence-corrected chi connectivity index (χ4v) is 9.00. The van der Waals surface area contributed by atoms with Crippen molar-refractivity contribution < 1.29 is 47.1 Å². The summed E-state index contributed by atoms with van der Waals surface area (Å²) in [6, 6.07) is 39.3. The van der Waals surface area contributed by atoms with E-state index in [0.29, 0.717) is 33.2 Å². The van der Waals surface area contributed by atoms with E-state index in [4.69, 9.17) is 39.6 Å². The Balaban J connectivity index is 0.000000883. The van der Waals surface area contributed by atoms with Crippen LogP contribution in [0.1, 0.15) is 60.5 Å². The first-order chi connectivity index (χ1) is 32.5. The number of aromatic nitrogens is 4. The third kappa shape index (κ3) is 11.7. The van der Waals surface area contributed by atoms with Gasteiger partial charge in [-0.05, 0) is 98.1 Å². The normalized spacial score (nSPS) is 16.7. The molecule has 4 atom stereocenters. The largest absolute Gasteiger partial charge is 0.746 e. The van der Waals surface area contributed by atoms with Crippen molar-refractivity contribution in [3.8, 4) is 17.2 Å². The summed E-state index contributed by atoms with van der Waals surface area (Å²) in [6.07, 6.45) is -0.176. The zero-order chi connectivity index (χ0) is 47.4. The standard InChI is InChI=1S/C44H39ClN5O9P.C6H15N/c1-54-34-19-13-31(14-20-34)44(30-11-7-4-8-12-30,32-15-21-35(55-2)22-16-32)56-26-38-37(59-60(52,53)58-36-23-17-33(45)18-24-36)25-39(57-38)50-28-48-40-41(46-27-47-42(40)50)49-43(51)29-9-5-3-6-10-29;1-4-7(5-2)6-3/h3-24,27-28,37-39H,25-26H2,1-2H3,(H,52,53)(H,46,47,49,51);4-6H2,1-3H3. The van der Waals surface area contributed by atoms with Crippen LogP contribution in [0.3, 0.4) is 0 Å². The minimum absolute atomic E-state index is 0.00874. The molecule has 0 aliphatic carbocycles. The number of ether oxygens (including phenoxy) is 4. The molecule has 15 nitrogen and oxygen atoms in total. The Morgan fingerprint density at radius 3 is 1.90 bits per heavy atom. The number of phosphoric acid groups is 1. The number of benzene rings is 5. The van der Waals surface area contributed by atoms with Gasteiger partial charge in [0, 0.05) is 17.0 Å². The first kappa shape index (κ1) is 48.8. The molecule has 1 saturated heterocycles. The van der Waals surface area contributed by atoms with Crippen LogP contribution >= 0.6 is 19.4 Å². The van der Waals surface area contributed by atoms with Crippen LogP contribution in [-0.2, 0) is 24.2 Å². The van der Waals surface area contributed by atoms with Gasteiger partial charge in [0.1, 0.15) is 41.5 Å². The second-order valence-electron chi connectivity index (χ2n) is 15.5. The highest BCUT2D eigenvalue weighted by molar-refractivity contribution is 7.46. The van der Waals surface area contributed by atoms with Crippen molar-refractivity contribution in [3.05, 3.63) is 173 Å². The molecule has 0 radical (unpaired) electrons. The van der Waals surface area contributed by atoms with E-state index in [2.05, 4.69) is 41.0 Å². The molecule has 2 N–H and O–H groups in total. The predicted octanol–water partition coefficient (Wildman–Crippen LogP) is 7.91. The molecule has 0 spiro atoms. The van der Waals surface area contributed by atoms with E-state index in [1.807, 2.05) is 84.9 Å². The molecule has 0 bridgehead atoms. The van der Waals surface area contributed by atoms with E-state index >= 15 is 0 Å². The Bertz CT molecular complexity index is 2660. The average Bonchev–Trinajstić information content (AvgIpc) is 3.98. The van der Waals surface area contributed by atoms with Gasteiger partial charge in [0.05, 0.1) is 52.9 Å². The number of quaternary nitrogens is 1. The molecule has 4 unspecified atom stereocenters. The summed E-state index contributed by atoms with van der Waals surface area (Å²) >= 11 is 6.03. The van der Waals surface area contributed by atoms with Crippen LogP contribution in [0.15, 0.2) is 146 Å². The molecule has 7 aromatic rings. The van der Waals surface area contributed by atoms with Gasteiger partial charge in [-0.15, -0.1) is 0 Å². The first-order valence-electron chi connectivity index (χ1n) is 22.0. The molecule has 3 heterocycles. The number of methoxy groups -OCH3 is 2. The number of rotatable bonds is 18. The minimum Gasteiger partial charge on any atom is -0.746 e. The third-order valence-electron chi connectivity index (χ3n) is 11.6. The number of fused-ring (bicyclic) bond motifs is 1.